The maximum atomic E-state index is 13.5. The van der Waals surface area contributed by atoms with E-state index in [1.165, 1.54) is 23.5 Å². The Morgan fingerprint density at radius 1 is 1.12 bits per heavy atom. The number of para-hydroxylation sites is 1. The molecule has 2 atom stereocenters. The van der Waals surface area contributed by atoms with Gasteiger partial charge in [0.15, 0.2) is 6.04 Å². The van der Waals surface area contributed by atoms with Crippen LogP contribution in [0.1, 0.15) is 10.4 Å². The van der Waals surface area contributed by atoms with E-state index >= 15 is 0 Å². The van der Waals surface area contributed by atoms with Crippen molar-refractivity contribution in [2.24, 2.45) is 5.10 Å². The van der Waals surface area contributed by atoms with Crippen LogP contribution in [0.3, 0.4) is 0 Å². The molecule has 2 aromatic rings. The zero-order chi connectivity index (χ0) is 17.6. The van der Waals surface area contributed by atoms with Crippen molar-refractivity contribution in [2.75, 3.05) is 0 Å². The Kier molecular flexibility index (Phi) is 3.60. The van der Waals surface area contributed by atoms with Gasteiger partial charge >= 0.3 is 12.6 Å². The Morgan fingerprint density at radius 3 is 2.60 bits per heavy atom. The molecule has 9 heteroatoms. The van der Waals surface area contributed by atoms with Crippen molar-refractivity contribution in [1.29, 1.82) is 0 Å². The summed E-state index contributed by atoms with van der Waals surface area (Å²) in [7, 11) is 0. The van der Waals surface area contributed by atoms with E-state index in [2.05, 4.69) is 5.10 Å². The minimum Gasteiger partial charge on any atom is -0.507 e. The summed E-state index contributed by atoms with van der Waals surface area (Å²) in [5.41, 5.74) is 0.194. The Bertz CT molecular complexity index is 849. The van der Waals surface area contributed by atoms with Crippen molar-refractivity contribution in [3.63, 3.8) is 0 Å². The molecule has 1 aromatic carbocycles. The molecule has 130 valence electrons. The summed E-state index contributed by atoms with van der Waals surface area (Å²) in [6, 6.07) is 7.51. The Morgan fingerprint density at radius 2 is 1.92 bits per heavy atom. The van der Waals surface area contributed by atoms with Gasteiger partial charge in [-0.1, -0.05) is 18.2 Å². The lowest BCUT2D eigenvalue weighted by molar-refractivity contribution is -0.223. The van der Waals surface area contributed by atoms with Gasteiger partial charge in [0.1, 0.15) is 11.5 Å². The number of fused-ring (bicyclic) bond motifs is 1. The molecule has 0 aliphatic carbocycles. The third kappa shape index (κ3) is 2.80. The number of nitrogens with zero attached hydrogens (tertiary/aromatic N) is 2. The maximum absolute atomic E-state index is 13.5. The highest BCUT2D eigenvalue weighted by molar-refractivity contribution is 7.11. The summed E-state index contributed by atoms with van der Waals surface area (Å²) in [5.74, 6) is -0.179. The summed E-state index contributed by atoms with van der Waals surface area (Å²) in [5, 5.41) is 16.2. The van der Waals surface area contributed by atoms with E-state index in [1.807, 2.05) is 0 Å². The van der Waals surface area contributed by atoms with Gasteiger partial charge in [-0.2, -0.15) is 13.2 Å². The second-order valence-corrected chi connectivity index (χ2v) is 6.29. The molecule has 0 bridgehead atoms. The van der Waals surface area contributed by atoms with Crippen molar-refractivity contribution in [1.82, 2.24) is 5.01 Å². The van der Waals surface area contributed by atoms with Crippen LogP contribution >= 0.6 is 11.3 Å². The molecule has 25 heavy (non-hydrogen) atoms. The van der Waals surface area contributed by atoms with Crippen LogP contribution < -0.4 is 0 Å². The average molecular weight is 368 g/mol. The summed E-state index contributed by atoms with van der Waals surface area (Å²) in [6.07, 6.45) is -4.95. The normalized spacial score (nSPS) is 22.6. The maximum Gasteiger partial charge on any atom is 0.414 e. The predicted molar refractivity (Wildman–Crippen MR) is 84.6 cm³/mol. The van der Waals surface area contributed by atoms with E-state index < -0.39 is 18.6 Å². The molecule has 0 radical (unpaired) electrons. The molecule has 4 rings (SSSR count). The van der Waals surface area contributed by atoms with Crippen LogP contribution in [-0.4, -0.2) is 34.6 Å². The third-order valence-corrected chi connectivity index (χ3v) is 4.58. The molecule has 2 aliphatic heterocycles. The molecule has 0 fully saturated rings. The van der Waals surface area contributed by atoms with Crippen LogP contribution in [0.15, 0.2) is 53.0 Å². The van der Waals surface area contributed by atoms with Crippen LogP contribution in [0.5, 0.6) is 5.75 Å². The number of phenols is 1. The number of phenolic OH excluding ortho intramolecular Hbond substituents is 1. The first-order valence-corrected chi connectivity index (χ1v) is 8.12. The number of alkyl halides is 3. The number of thiophene rings is 1. The minimum atomic E-state index is -4.56. The molecule has 2 aliphatic rings. The van der Waals surface area contributed by atoms with Crippen LogP contribution in [0, 0.1) is 0 Å². The van der Waals surface area contributed by atoms with E-state index in [9.17, 15) is 18.3 Å². The zero-order valence-corrected chi connectivity index (χ0v) is 13.3. The lowest BCUT2D eigenvalue weighted by Gasteiger charge is -2.34. The Hall–Kier alpha value is -2.68. The number of aromatic hydroxyl groups is 1. The van der Waals surface area contributed by atoms with Crippen LogP contribution in [0.2, 0.25) is 0 Å². The zero-order valence-electron chi connectivity index (χ0n) is 12.5. The van der Waals surface area contributed by atoms with Crippen molar-refractivity contribution >= 4 is 23.0 Å². The first kappa shape index (κ1) is 15.8. The Labute approximate surface area is 144 Å². The van der Waals surface area contributed by atoms with Crippen LogP contribution in [-0.2, 0) is 9.47 Å². The van der Waals surface area contributed by atoms with Gasteiger partial charge in [0.25, 0.3) is 0 Å². The highest BCUT2D eigenvalue weighted by Gasteiger charge is 2.51. The van der Waals surface area contributed by atoms with E-state index in [0.29, 0.717) is 9.89 Å². The number of halogens is 3. The standard InChI is InChI=1S/C16H11F3N2O3S/c17-16(18,19)13-8-11(12-6-3-7-25-12)23-15-21(13)20-14(24-15)9-4-1-2-5-10(9)22/h1-8,13,15,22H. The van der Waals surface area contributed by atoms with E-state index in [0.717, 1.165) is 6.08 Å². The molecule has 0 amide bonds. The van der Waals surface area contributed by atoms with Gasteiger partial charge in [0, 0.05) is 0 Å². The quantitative estimate of drug-likeness (QED) is 0.878. The predicted octanol–water partition coefficient (Wildman–Crippen LogP) is 3.73. The molecule has 1 aromatic heterocycles. The first-order valence-electron chi connectivity index (χ1n) is 7.24. The van der Waals surface area contributed by atoms with Crippen LogP contribution in [0.4, 0.5) is 13.2 Å². The summed E-state index contributed by atoms with van der Waals surface area (Å²) >= 11 is 1.26. The van der Waals surface area contributed by atoms with Crippen molar-refractivity contribution < 1.29 is 27.8 Å². The van der Waals surface area contributed by atoms with E-state index in [4.69, 9.17) is 9.47 Å². The fourth-order valence-corrected chi connectivity index (χ4v) is 3.23. The summed E-state index contributed by atoms with van der Waals surface area (Å²) in [6.45, 7) is 0. The fourth-order valence-electron chi connectivity index (χ4n) is 2.54. The van der Waals surface area contributed by atoms with Crippen LogP contribution in [0.25, 0.3) is 5.76 Å². The van der Waals surface area contributed by atoms with Gasteiger partial charge in [-0.25, -0.2) is 5.01 Å². The highest BCUT2D eigenvalue weighted by Crippen LogP contribution is 2.39. The number of hydrogen-bond donors (Lipinski definition) is 1. The molecule has 2 unspecified atom stereocenters. The molecule has 0 spiro atoms. The summed E-state index contributed by atoms with van der Waals surface area (Å²) < 4.78 is 51.5. The lowest BCUT2D eigenvalue weighted by atomic mass is 10.2. The number of hydrogen-bond acceptors (Lipinski definition) is 6. The monoisotopic (exact) mass is 368 g/mol. The van der Waals surface area contributed by atoms with Gasteiger partial charge in [-0.05, 0) is 29.7 Å². The van der Waals surface area contributed by atoms with Crippen molar-refractivity contribution in [3.05, 3.63) is 58.3 Å². The van der Waals surface area contributed by atoms with Gasteiger partial charge < -0.3 is 14.6 Å². The Balaban J connectivity index is 1.71. The number of rotatable bonds is 2. The SMILES string of the molecule is Oc1ccccc1C1=NN2C(OC(c3cccs3)=CC2C(F)(F)F)O1. The lowest BCUT2D eigenvalue weighted by Crippen LogP contribution is -2.48. The van der Waals surface area contributed by atoms with Crippen molar-refractivity contribution in [2.45, 2.75) is 18.6 Å². The second kappa shape index (κ2) is 5.69. The number of benzene rings is 1. The molecule has 0 saturated heterocycles. The molecule has 0 saturated carbocycles. The van der Waals surface area contributed by atoms with E-state index in [-0.39, 0.29) is 23.0 Å². The van der Waals surface area contributed by atoms with Gasteiger partial charge in [-0.15, -0.1) is 16.4 Å². The van der Waals surface area contributed by atoms with Gasteiger partial charge in [0.05, 0.1) is 10.4 Å². The smallest absolute Gasteiger partial charge is 0.414 e. The second-order valence-electron chi connectivity index (χ2n) is 5.34. The summed E-state index contributed by atoms with van der Waals surface area (Å²) in [4.78, 5) is 0.563. The third-order valence-electron chi connectivity index (χ3n) is 3.69. The number of ether oxygens (including phenoxy) is 2. The number of hydrazone groups is 1. The van der Waals surface area contributed by atoms with Gasteiger partial charge in [-0.3, -0.25) is 0 Å². The fraction of sp³-hybridized carbons (Fsp3) is 0.188. The average Bonchev–Trinajstić information content (AvgIpc) is 3.22. The van der Waals surface area contributed by atoms with E-state index in [1.54, 1.807) is 29.6 Å². The van der Waals surface area contributed by atoms with Crippen molar-refractivity contribution in [3.8, 4) is 5.75 Å². The van der Waals surface area contributed by atoms with Gasteiger partial charge in [0.2, 0.25) is 5.90 Å². The molecule has 1 N–H and O–H groups in total. The highest BCUT2D eigenvalue weighted by atomic mass is 32.1. The molecular formula is C16H11F3N2O3S. The first-order chi connectivity index (χ1) is 11.9. The largest absolute Gasteiger partial charge is 0.507 e. The molecule has 3 heterocycles. The molecule has 5 nitrogen and oxygen atoms in total. The minimum absolute atomic E-state index is 0.0901. The topological polar surface area (TPSA) is 54.3 Å². The molecular weight excluding hydrogens is 357 g/mol.